The number of aliphatic carboxylic acids is 1. The lowest BCUT2D eigenvalue weighted by Gasteiger charge is -2.29. The first-order chi connectivity index (χ1) is 16.9. The number of hydrogen-bond acceptors (Lipinski definition) is 5. The van der Waals surface area contributed by atoms with E-state index >= 15 is 0 Å². The predicted octanol–water partition coefficient (Wildman–Crippen LogP) is 5.94. The molecule has 35 heavy (non-hydrogen) atoms. The zero-order chi connectivity index (χ0) is 25.0. The van der Waals surface area contributed by atoms with Crippen molar-refractivity contribution < 1.29 is 28.9 Å². The van der Waals surface area contributed by atoms with Gasteiger partial charge in [-0.3, -0.25) is 0 Å². The molecule has 0 radical (unpaired) electrons. The minimum absolute atomic E-state index is 0.292. The standard InChI is InChI=1S/C27H34BrNO6/c1-2-33-25(26(30)31)18-20-8-12-23(13-9-20)34-17-16-29(19-21-6-4-3-5-7-21)27(32)35-24-14-10-22(28)11-15-24/h8-15,21,25H,2-7,16-19H2,1H3,(H,30,31). The monoisotopic (exact) mass is 547 g/mol. The summed E-state index contributed by atoms with van der Waals surface area (Å²) in [5.41, 5.74) is 0.857. The number of ether oxygens (including phenoxy) is 3. The zero-order valence-corrected chi connectivity index (χ0v) is 21.7. The van der Waals surface area contributed by atoms with Crippen LogP contribution in [0.1, 0.15) is 44.6 Å². The maximum absolute atomic E-state index is 12.9. The summed E-state index contributed by atoms with van der Waals surface area (Å²) in [6, 6.07) is 14.5. The second-order valence-corrected chi connectivity index (χ2v) is 9.67. The molecule has 1 unspecified atom stereocenters. The van der Waals surface area contributed by atoms with Crippen molar-refractivity contribution in [3.8, 4) is 11.5 Å². The van der Waals surface area contributed by atoms with Crippen LogP contribution in [0.2, 0.25) is 0 Å². The molecule has 1 saturated carbocycles. The van der Waals surface area contributed by atoms with Crippen molar-refractivity contribution in [1.82, 2.24) is 4.90 Å². The lowest BCUT2D eigenvalue weighted by Crippen LogP contribution is -2.40. The maximum atomic E-state index is 12.9. The third-order valence-corrected chi connectivity index (χ3v) is 6.63. The summed E-state index contributed by atoms with van der Waals surface area (Å²) in [5.74, 6) is 0.680. The number of nitrogens with zero attached hydrogens (tertiary/aromatic N) is 1. The summed E-state index contributed by atoms with van der Waals surface area (Å²) < 4.78 is 17.7. The van der Waals surface area contributed by atoms with Gasteiger partial charge < -0.3 is 24.2 Å². The summed E-state index contributed by atoms with van der Waals surface area (Å²) in [6.45, 7) is 3.53. The Balaban J connectivity index is 1.55. The fourth-order valence-corrected chi connectivity index (χ4v) is 4.50. The van der Waals surface area contributed by atoms with Crippen LogP contribution < -0.4 is 9.47 Å². The van der Waals surface area contributed by atoms with E-state index in [0.717, 1.165) is 22.9 Å². The number of carboxylic acids is 1. The minimum atomic E-state index is -0.972. The molecular formula is C27H34BrNO6. The van der Waals surface area contributed by atoms with Crippen LogP contribution in [-0.4, -0.2) is 54.5 Å². The molecule has 1 amide bonds. The SMILES string of the molecule is CCOC(Cc1ccc(OCCN(CC2CCCCC2)C(=O)Oc2ccc(Br)cc2)cc1)C(=O)O. The van der Waals surface area contributed by atoms with Gasteiger partial charge in [-0.25, -0.2) is 9.59 Å². The Bertz CT molecular complexity index is 928. The fourth-order valence-electron chi connectivity index (χ4n) is 4.23. The summed E-state index contributed by atoms with van der Waals surface area (Å²) >= 11 is 3.39. The van der Waals surface area contributed by atoms with Crippen LogP contribution in [0.4, 0.5) is 4.79 Å². The van der Waals surface area contributed by atoms with Gasteiger partial charge in [-0.15, -0.1) is 0 Å². The van der Waals surface area contributed by atoms with Gasteiger partial charge in [-0.05, 0) is 67.6 Å². The van der Waals surface area contributed by atoms with E-state index in [1.807, 2.05) is 36.4 Å². The van der Waals surface area contributed by atoms with Crippen molar-refractivity contribution in [2.45, 2.75) is 51.6 Å². The van der Waals surface area contributed by atoms with Crippen LogP contribution in [0, 0.1) is 5.92 Å². The van der Waals surface area contributed by atoms with Gasteiger partial charge in [0, 0.05) is 24.0 Å². The highest BCUT2D eigenvalue weighted by Crippen LogP contribution is 2.25. The van der Waals surface area contributed by atoms with E-state index in [0.29, 0.717) is 50.1 Å². The predicted molar refractivity (Wildman–Crippen MR) is 137 cm³/mol. The second-order valence-electron chi connectivity index (χ2n) is 8.75. The van der Waals surface area contributed by atoms with E-state index in [-0.39, 0.29) is 6.09 Å². The number of benzene rings is 2. The average molecular weight is 548 g/mol. The molecule has 2 aromatic rings. The summed E-state index contributed by atoms with van der Waals surface area (Å²) in [7, 11) is 0. The normalized spacial score (nSPS) is 14.8. The first-order valence-corrected chi connectivity index (χ1v) is 13.0. The van der Waals surface area contributed by atoms with Crippen LogP contribution in [0.25, 0.3) is 0 Å². The quantitative estimate of drug-likeness (QED) is 0.353. The summed E-state index contributed by atoms with van der Waals surface area (Å²) in [5, 5.41) is 9.26. The first-order valence-electron chi connectivity index (χ1n) is 12.2. The van der Waals surface area contributed by atoms with Gasteiger partial charge in [0.25, 0.3) is 0 Å². The molecule has 1 aliphatic carbocycles. The molecule has 0 heterocycles. The van der Waals surface area contributed by atoms with Crippen molar-refractivity contribution in [2.24, 2.45) is 5.92 Å². The zero-order valence-electron chi connectivity index (χ0n) is 20.2. The molecule has 0 saturated heterocycles. The number of hydrogen-bond donors (Lipinski definition) is 1. The van der Waals surface area contributed by atoms with Gasteiger partial charge in [0.2, 0.25) is 0 Å². The molecule has 1 aliphatic rings. The molecule has 8 heteroatoms. The molecule has 1 atom stereocenters. The Labute approximate surface area is 215 Å². The molecule has 0 aromatic heterocycles. The van der Waals surface area contributed by atoms with E-state index in [4.69, 9.17) is 14.2 Å². The van der Waals surface area contributed by atoms with Crippen molar-refractivity contribution in [3.05, 3.63) is 58.6 Å². The number of halogens is 1. The largest absolute Gasteiger partial charge is 0.492 e. The number of carboxylic acid groups (broad SMARTS) is 1. The van der Waals surface area contributed by atoms with Crippen LogP contribution in [0.15, 0.2) is 53.0 Å². The molecule has 7 nitrogen and oxygen atoms in total. The van der Waals surface area contributed by atoms with Crippen molar-refractivity contribution >= 4 is 28.0 Å². The Morgan fingerprint density at radius 1 is 1.03 bits per heavy atom. The van der Waals surface area contributed by atoms with Crippen LogP contribution >= 0.6 is 15.9 Å². The molecule has 0 spiro atoms. The lowest BCUT2D eigenvalue weighted by molar-refractivity contribution is -0.149. The number of rotatable bonds is 12. The van der Waals surface area contributed by atoms with Gasteiger partial charge in [-0.2, -0.15) is 0 Å². The molecule has 0 aliphatic heterocycles. The maximum Gasteiger partial charge on any atom is 0.415 e. The molecule has 0 bridgehead atoms. The van der Waals surface area contributed by atoms with Crippen molar-refractivity contribution in [3.63, 3.8) is 0 Å². The Hall–Kier alpha value is -2.58. The minimum Gasteiger partial charge on any atom is -0.492 e. The third kappa shape index (κ3) is 9.18. The smallest absolute Gasteiger partial charge is 0.415 e. The number of carbonyl (C=O) groups excluding carboxylic acids is 1. The Morgan fingerprint density at radius 2 is 1.69 bits per heavy atom. The van der Waals surface area contributed by atoms with Gasteiger partial charge >= 0.3 is 12.1 Å². The van der Waals surface area contributed by atoms with Gasteiger partial charge in [-0.1, -0.05) is 47.3 Å². The van der Waals surface area contributed by atoms with Gasteiger partial charge in [0.15, 0.2) is 6.10 Å². The van der Waals surface area contributed by atoms with E-state index in [1.54, 1.807) is 24.0 Å². The molecular weight excluding hydrogens is 514 g/mol. The summed E-state index contributed by atoms with van der Waals surface area (Å²) in [4.78, 5) is 26.0. The molecule has 1 N–H and O–H groups in total. The van der Waals surface area contributed by atoms with Crippen molar-refractivity contribution in [1.29, 1.82) is 0 Å². The van der Waals surface area contributed by atoms with Crippen molar-refractivity contribution in [2.75, 3.05) is 26.3 Å². The van der Waals surface area contributed by atoms with E-state index in [9.17, 15) is 14.7 Å². The van der Waals surface area contributed by atoms with Crippen LogP contribution in [0.5, 0.6) is 11.5 Å². The Kier molecular flexibility index (Phi) is 10.9. The van der Waals surface area contributed by atoms with Crippen LogP contribution in [0.3, 0.4) is 0 Å². The van der Waals surface area contributed by atoms with Gasteiger partial charge in [0.05, 0.1) is 6.54 Å². The van der Waals surface area contributed by atoms with Gasteiger partial charge in [0.1, 0.15) is 18.1 Å². The molecule has 3 rings (SSSR count). The average Bonchev–Trinajstić information content (AvgIpc) is 2.86. The highest BCUT2D eigenvalue weighted by Gasteiger charge is 2.23. The Morgan fingerprint density at radius 3 is 2.31 bits per heavy atom. The fraction of sp³-hybridized carbons (Fsp3) is 0.481. The van der Waals surface area contributed by atoms with Crippen LogP contribution in [-0.2, 0) is 16.0 Å². The topological polar surface area (TPSA) is 85.3 Å². The van der Waals surface area contributed by atoms with E-state index in [1.165, 1.54) is 19.3 Å². The van der Waals surface area contributed by atoms with E-state index < -0.39 is 12.1 Å². The highest BCUT2D eigenvalue weighted by molar-refractivity contribution is 9.10. The number of amides is 1. The molecule has 190 valence electrons. The second kappa shape index (κ2) is 14.1. The number of carbonyl (C=O) groups is 2. The highest BCUT2D eigenvalue weighted by atomic mass is 79.9. The summed E-state index contributed by atoms with van der Waals surface area (Å²) in [6.07, 6.45) is 4.98. The lowest BCUT2D eigenvalue weighted by atomic mass is 9.89. The molecule has 1 fully saturated rings. The third-order valence-electron chi connectivity index (χ3n) is 6.10. The van der Waals surface area contributed by atoms with E-state index in [2.05, 4.69) is 15.9 Å². The molecule has 2 aromatic carbocycles. The first kappa shape index (κ1) is 27.0.